The van der Waals surface area contributed by atoms with Gasteiger partial charge in [0, 0.05) is 49.5 Å². The first-order chi connectivity index (χ1) is 10.7. The summed E-state index contributed by atoms with van der Waals surface area (Å²) in [5, 5.41) is 0.949. The van der Waals surface area contributed by atoms with Gasteiger partial charge in [0.05, 0.1) is 19.2 Å². The number of methoxy groups -OCH3 is 1. The van der Waals surface area contributed by atoms with E-state index in [-0.39, 0.29) is 11.8 Å². The van der Waals surface area contributed by atoms with E-state index in [4.69, 9.17) is 4.74 Å². The monoisotopic (exact) mass is 303 g/mol. The molecule has 1 saturated heterocycles. The highest BCUT2D eigenvalue weighted by Crippen LogP contribution is 2.26. The minimum absolute atomic E-state index is 0.210. The number of benzene rings is 1. The van der Waals surface area contributed by atoms with Crippen LogP contribution in [0.4, 0.5) is 10.1 Å². The maximum atomic E-state index is 13.3. The number of halogens is 1. The zero-order chi connectivity index (χ0) is 15.5. The summed E-state index contributed by atoms with van der Waals surface area (Å²) in [5.74, 6) is -0.488. The molecule has 2 heterocycles. The van der Waals surface area contributed by atoms with Crippen LogP contribution in [0.1, 0.15) is 0 Å². The Morgan fingerprint density at radius 2 is 2.05 bits per heavy atom. The van der Waals surface area contributed by atoms with Crippen LogP contribution >= 0.6 is 0 Å². The molecule has 6 heteroatoms. The Balaban J connectivity index is 1.75. The maximum absolute atomic E-state index is 13.3. The summed E-state index contributed by atoms with van der Waals surface area (Å²) in [6.07, 6.45) is 1.71. The zero-order valence-corrected chi connectivity index (χ0v) is 12.5. The lowest BCUT2D eigenvalue weighted by Gasteiger charge is -2.35. The fraction of sp³-hybridized carbons (Fsp3) is 0.375. The Kier molecular flexibility index (Phi) is 4.20. The van der Waals surface area contributed by atoms with Gasteiger partial charge in [-0.05, 0) is 18.2 Å². The van der Waals surface area contributed by atoms with Gasteiger partial charge < -0.3 is 9.64 Å². The number of rotatable bonds is 3. The minimum atomic E-state index is -0.278. The molecule has 1 aliphatic rings. The van der Waals surface area contributed by atoms with Crippen LogP contribution < -0.4 is 4.90 Å². The van der Waals surface area contributed by atoms with Crippen molar-refractivity contribution in [3.63, 3.8) is 0 Å². The molecule has 1 aromatic carbocycles. The average molecular weight is 303 g/mol. The van der Waals surface area contributed by atoms with E-state index in [1.54, 1.807) is 12.3 Å². The molecule has 3 rings (SSSR count). The van der Waals surface area contributed by atoms with Gasteiger partial charge in [-0.1, -0.05) is 0 Å². The third-order valence-corrected chi connectivity index (χ3v) is 3.98. The Labute approximate surface area is 128 Å². The van der Waals surface area contributed by atoms with Gasteiger partial charge in [-0.15, -0.1) is 0 Å². The van der Waals surface area contributed by atoms with Crippen molar-refractivity contribution in [2.45, 2.75) is 0 Å². The highest BCUT2D eigenvalue weighted by molar-refractivity contribution is 5.91. The summed E-state index contributed by atoms with van der Waals surface area (Å²) in [4.78, 5) is 19.9. The van der Waals surface area contributed by atoms with E-state index in [2.05, 4.69) is 14.8 Å². The lowest BCUT2D eigenvalue weighted by Crippen LogP contribution is -2.48. The molecule has 0 radical (unpaired) electrons. The van der Waals surface area contributed by atoms with Crippen LogP contribution in [0.25, 0.3) is 10.9 Å². The molecule has 0 atom stereocenters. The van der Waals surface area contributed by atoms with Crippen molar-refractivity contribution >= 4 is 22.6 Å². The number of fused-ring (bicyclic) bond motifs is 1. The number of carbonyl (C=O) groups excluding carboxylic acids is 1. The number of carbonyl (C=O) groups is 1. The summed E-state index contributed by atoms with van der Waals surface area (Å²) in [7, 11) is 1.40. The van der Waals surface area contributed by atoms with E-state index in [0.29, 0.717) is 12.1 Å². The number of piperazine rings is 1. The van der Waals surface area contributed by atoms with Crippen LogP contribution in [0.5, 0.6) is 0 Å². The van der Waals surface area contributed by atoms with Crippen LogP contribution in [0.2, 0.25) is 0 Å². The normalized spacial score (nSPS) is 16.0. The molecular formula is C16H18FN3O2. The topological polar surface area (TPSA) is 45.7 Å². The van der Waals surface area contributed by atoms with Crippen molar-refractivity contribution in [1.29, 1.82) is 0 Å². The number of anilines is 1. The Bertz CT molecular complexity index is 684. The quantitative estimate of drug-likeness (QED) is 0.807. The molecule has 0 N–H and O–H groups in total. The Morgan fingerprint density at radius 3 is 2.77 bits per heavy atom. The molecule has 5 nitrogen and oxygen atoms in total. The number of esters is 1. The molecular weight excluding hydrogens is 285 g/mol. The maximum Gasteiger partial charge on any atom is 0.319 e. The largest absolute Gasteiger partial charge is 0.468 e. The molecule has 116 valence electrons. The molecule has 0 saturated carbocycles. The van der Waals surface area contributed by atoms with Crippen LogP contribution in [-0.4, -0.2) is 55.7 Å². The van der Waals surface area contributed by atoms with Crippen molar-refractivity contribution in [3.8, 4) is 0 Å². The molecule has 1 fully saturated rings. The molecule has 1 aromatic heterocycles. The van der Waals surface area contributed by atoms with Crippen LogP contribution in [0.3, 0.4) is 0 Å². The molecule has 2 aromatic rings. The lowest BCUT2D eigenvalue weighted by atomic mass is 10.1. The third kappa shape index (κ3) is 3.01. The summed E-state index contributed by atoms with van der Waals surface area (Å²) >= 11 is 0. The molecule has 1 aliphatic heterocycles. The van der Waals surface area contributed by atoms with Crippen molar-refractivity contribution < 1.29 is 13.9 Å². The number of pyridine rings is 1. The summed E-state index contributed by atoms with van der Waals surface area (Å²) < 4.78 is 18.0. The number of nitrogens with zero attached hydrogens (tertiary/aromatic N) is 3. The zero-order valence-electron chi connectivity index (χ0n) is 12.5. The number of hydrogen-bond acceptors (Lipinski definition) is 5. The first kappa shape index (κ1) is 14.7. The molecule has 22 heavy (non-hydrogen) atoms. The van der Waals surface area contributed by atoms with Crippen molar-refractivity contribution in [2.75, 3.05) is 44.7 Å². The summed E-state index contributed by atoms with van der Waals surface area (Å²) in [6.45, 7) is 3.54. The molecule has 0 unspecified atom stereocenters. The first-order valence-corrected chi connectivity index (χ1v) is 7.26. The van der Waals surface area contributed by atoms with Gasteiger partial charge in [0.2, 0.25) is 0 Å². The predicted octanol–water partition coefficient (Wildman–Crippen LogP) is 1.67. The van der Waals surface area contributed by atoms with Crippen LogP contribution in [0.15, 0.2) is 30.5 Å². The highest BCUT2D eigenvalue weighted by Gasteiger charge is 2.20. The SMILES string of the molecule is COC(=O)CN1CCN(c2ccnc3cc(F)ccc23)CC1. The first-order valence-electron chi connectivity index (χ1n) is 7.26. The second-order valence-corrected chi connectivity index (χ2v) is 5.33. The van der Waals surface area contributed by atoms with Gasteiger partial charge >= 0.3 is 5.97 Å². The van der Waals surface area contributed by atoms with E-state index in [0.717, 1.165) is 37.3 Å². The van der Waals surface area contributed by atoms with Crippen molar-refractivity contribution in [1.82, 2.24) is 9.88 Å². The molecule has 0 bridgehead atoms. The average Bonchev–Trinajstić information content (AvgIpc) is 2.54. The second kappa shape index (κ2) is 6.27. The van der Waals surface area contributed by atoms with E-state index in [1.807, 2.05) is 6.07 Å². The lowest BCUT2D eigenvalue weighted by molar-refractivity contribution is -0.142. The fourth-order valence-electron chi connectivity index (χ4n) is 2.78. The summed E-state index contributed by atoms with van der Waals surface area (Å²) in [6, 6.07) is 6.64. The Hall–Kier alpha value is -2.21. The molecule has 0 spiro atoms. The van der Waals surface area contributed by atoms with Gasteiger partial charge in [0.1, 0.15) is 5.82 Å². The number of hydrogen-bond donors (Lipinski definition) is 0. The van der Waals surface area contributed by atoms with E-state index < -0.39 is 0 Å². The van der Waals surface area contributed by atoms with E-state index in [1.165, 1.54) is 19.2 Å². The van der Waals surface area contributed by atoms with E-state index in [9.17, 15) is 9.18 Å². The highest BCUT2D eigenvalue weighted by atomic mass is 19.1. The van der Waals surface area contributed by atoms with Gasteiger partial charge in [0.25, 0.3) is 0 Å². The third-order valence-electron chi connectivity index (χ3n) is 3.98. The second-order valence-electron chi connectivity index (χ2n) is 5.33. The van der Waals surface area contributed by atoms with Crippen molar-refractivity contribution in [3.05, 3.63) is 36.3 Å². The van der Waals surface area contributed by atoms with Gasteiger partial charge in [0.15, 0.2) is 0 Å². The van der Waals surface area contributed by atoms with Gasteiger partial charge in [-0.3, -0.25) is 14.7 Å². The smallest absolute Gasteiger partial charge is 0.319 e. The van der Waals surface area contributed by atoms with Crippen molar-refractivity contribution in [2.24, 2.45) is 0 Å². The van der Waals surface area contributed by atoms with Gasteiger partial charge in [-0.2, -0.15) is 0 Å². The number of aromatic nitrogens is 1. The molecule has 0 aliphatic carbocycles. The molecule has 0 amide bonds. The van der Waals surface area contributed by atoms with Crippen LogP contribution in [-0.2, 0) is 9.53 Å². The standard InChI is InChI=1S/C16H18FN3O2/c1-22-16(21)11-19-6-8-20(9-7-19)15-4-5-18-14-10-12(17)2-3-13(14)15/h2-5,10H,6-9,11H2,1H3. The fourth-order valence-corrected chi connectivity index (χ4v) is 2.78. The van der Waals surface area contributed by atoms with E-state index >= 15 is 0 Å². The predicted molar refractivity (Wildman–Crippen MR) is 82.4 cm³/mol. The number of ether oxygens (including phenoxy) is 1. The van der Waals surface area contributed by atoms with Gasteiger partial charge in [-0.25, -0.2) is 4.39 Å². The summed E-state index contributed by atoms with van der Waals surface area (Å²) in [5.41, 5.74) is 1.72. The Morgan fingerprint density at radius 1 is 1.27 bits per heavy atom. The van der Waals surface area contributed by atoms with Crippen LogP contribution in [0, 0.1) is 5.82 Å². The minimum Gasteiger partial charge on any atom is -0.468 e.